The van der Waals surface area contributed by atoms with Crippen LogP contribution in [0.15, 0.2) is 24.0 Å². The Hall–Kier alpha value is -2.53. The summed E-state index contributed by atoms with van der Waals surface area (Å²) < 4.78 is 3.61. The average Bonchev–Trinajstić information content (AvgIpc) is 3.05. The maximum Gasteiger partial charge on any atom is 0.194 e. The van der Waals surface area contributed by atoms with Crippen LogP contribution in [0.1, 0.15) is 73.5 Å². The van der Waals surface area contributed by atoms with Crippen LogP contribution < -0.4 is 0 Å². The van der Waals surface area contributed by atoms with Gasteiger partial charge in [0.15, 0.2) is 16.3 Å². The predicted molar refractivity (Wildman–Crippen MR) is 104 cm³/mol. The fraction of sp³-hybridized carbons (Fsp3) is 0.550. The van der Waals surface area contributed by atoms with Gasteiger partial charge in [-0.25, -0.2) is 9.67 Å². The van der Waals surface area contributed by atoms with E-state index in [1.165, 1.54) is 30.6 Å². The van der Waals surface area contributed by atoms with Crippen molar-refractivity contribution in [2.45, 2.75) is 62.8 Å². The van der Waals surface area contributed by atoms with Gasteiger partial charge in [-0.15, -0.1) is 16.4 Å². The molecule has 3 heterocycles. The Labute approximate surface area is 167 Å². The fourth-order valence-electron chi connectivity index (χ4n) is 4.38. The summed E-state index contributed by atoms with van der Waals surface area (Å²) in [7, 11) is 0. The van der Waals surface area contributed by atoms with Crippen molar-refractivity contribution in [1.29, 1.82) is 5.26 Å². The highest BCUT2D eigenvalue weighted by atomic mass is 32.1. The summed E-state index contributed by atoms with van der Waals surface area (Å²) in [4.78, 5) is 18.4. The molecule has 0 bridgehead atoms. The molecular weight excluding hydrogens is 372 g/mol. The molecule has 144 valence electrons. The third-order valence-electron chi connectivity index (χ3n) is 6.26. The molecule has 8 heteroatoms. The minimum atomic E-state index is -0.513. The lowest BCUT2D eigenvalue weighted by molar-refractivity contribution is 0.0952. The number of hydrogen-bond acceptors (Lipinski definition) is 6. The number of fused-ring (bicyclic) bond motifs is 1. The molecule has 0 spiro atoms. The first-order valence-electron chi connectivity index (χ1n) is 9.98. The number of rotatable bonds is 6. The third-order valence-corrected chi connectivity index (χ3v) is 7.04. The van der Waals surface area contributed by atoms with E-state index in [2.05, 4.69) is 21.4 Å². The van der Waals surface area contributed by atoms with Gasteiger partial charge in [-0.2, -0.15) is 5.26 Å². The monoisotopic (exact) mass is 394 g/mol. The Morgan fingerprint density at radius 2 is 2.14 bits per heavy atom. The lowest BCUT2D eigenvalue weighted by Crippen LogP contribution is -2.20. The van der Waals surface area contributed by atoms with E-state index in [4.69, 9.17) is 0 Å². The number of imidazole rings is 1. The molecule has 0 aromatic carbocycles. The van der Waals surface area contributed by atoms with E-state index >= 15 is 0 Å². The number of carbonyl (C=O) groups is 1. The van der Waals surface area contributed by atoms with Crippen LogP contribution in [0.4, 0.5) is 0 Å². The Morgan fingerprint density at radius 1 is 1.32 bits per heavy atom. The Balaban J connectivity index is 1.42. The molecule has 28 heavy (non-hydrogen) atoms. The molecule has 2 aliphatic rings. The lowest BCUT2D eigenvalue weighted by atomic mass is 9.76. The average molecular weight is 395 g/mol. The highest BCUT2D eigenvalue weighted by molar-refractivity contribution is 7.15. The molecule has 1 atom stereocenters. The van der Waals surface area contributed by atoms with Gasteiger partial charge in [0.1, 0.15) is 5.69 Å². The lowest BCUT2D eigenvalue weighted by Gasteiger charge is -2.28. The molecule has 2 fully saturated rings. The zero-order chi connectivity index (χ0) is 19.1. The Kier molecular flexibility index (Phi) is 4.27. The van der Waals surface area contributed by atoms with Gasteiger partial charge in [-0.3, -0.25) is 9.20 Å². The zero-order valence-electron chi connectivity index (χ0n) is 15.6. The molecule has 2 aliphatic carbocycles. The maximum absolute atomic E-state index is 13.0. The summed E-state index contributed by atoms with van der Waals surface area (Å²) in [6.45, 7) is 0. The van der Waals surface area contributed by atoms with Gasteiger partial charge in [-0.05, 0) is 31.6 Å². The van der Waals surface area contributed by atoms with Crippen molar-refractivity contribution >= 4 is 22.1 Å². The van der Waals surface area contributed by atoms with Crippen molar-refractivity contribution in [3.8, 4) is 6.07 Å². The van der Waals surface area contributed by atoms with E-state index in [0.29, 0.717) is 18.0 Å². The van der Waals surface area contributed by atoms with Crippen molar-refractivity contribution in [2.24, 2.45) is 5.92 Å². The summed E-state index contributed by atoms with van der Waals surface area (Å²) in [5.41, 5.74) is 0.860. The number of hydrogen-bond donors (Lipinski definition) is 0. The molecule has 0 amide bonds. The number of nitrogens with zero attached hydrogens (tertiary/aromatic N) is 6. The van der Waals surface area contributed by atoms with Gasteiger partial charge in [0.05, 0.1) is 18.0 Å². The SMILES string of the molecule is N#CC1(n2cc([C@@H](CC(=O)c3cn4ccsc4n3)C3CCCCC3)nn2)CC1. The summed E-state index contributed by atoms with van der Waals surface area (Å²) in [6, 6.07) is 2.36. The summed E-state index contributed by atoms with van der Waals surface area (Å²) in [6.07, 6.45) is 13.6. The van der Waals surface area contributed by atoms with Crippen LogP contribution in [0.3, 0.4) is 0 Å². The number of thiazole rings is 1. The van der Waals surface area contributed by atoms with Crippen molar-refractivity contribution < 1.29 is 4.79 Å². The first-order valence-corrected chi connectivity index (χ1v) is 10.9. The summed E-state index contributed by atoms with van der Waals surface area (Å²) in [5, 5.41) is 20.1. The first kappa shape index (κ1) is 17.6. The normalized spacial score (nSPS) is 20.1. The highest BCUT2D eigenvalue weighted by Gasteiger charge is 2.47. The van der Waals surface area contributed by atoms with E-state index in [-0.39, 0.29) is 11.7 Å². The molecule has 0 saturated heterocycles. The molecule has 0 aliphatic heterocycles. The molecule has 3 aromatic rings. The predicted octanol–water partition coefficient (Wildman–Crippen LogP) is 3.94. The molecule has 0 radical (unpaired) electrons. The van der Waals surface area contributed by atoms with Gasteiger partial charge in [0, 0.05) is 30.1 Å². The number of nitriles is 1. The maximum atomic E-state index is 13.0. The van der Waals surface area contributed by atoms with Crippen LogP contribution in [0.5, 0.6) is 0 Å². The molecule has 7 nitrogen and oxygen atoms in total. The molecule has 2 saturated carbocycles. The van der Waals surface area contributed by atoms with Gasteiger partial charge >= 0.3 is 0 Å². The number of aromatic nitrogens is 5. The second kappa shape index (κ2) is 6.82. The van der Waals surface area contributed by atoms with E-state index in [1.807, 2.05) is 28.4 Å². The quantitative estimate of drug-likeness (QED) is 0.591. The molecule has 0 unspecified atom stereocenters. The van der Waals surface area contributed by atoms with Crippen molar-refractivity contribution in [3.05, 3.63) is 35.4 Å². The number of Topliss-reactive ketones (excluding diaryl/α,β-unsaturated/α-hetero) is 1. The number of ketones is 1. The van der Waals surface area contributed by atoms with E-state index in [9.17, 15) is 10.1 Å². The zero-order valence-corrected chi connectivity index (χ0v) is 16.4. The van der Waals surface area contributed by atoms with E-state index < -0.39 is 5.54 Å². The van der Waals surface area contributed by atoms with Crippen molar-refractivity contribution in [1.82, 2.24) is 24.4 Å². The summed E-state index contributed by atoms with van der Waals surface area (Å²) >= 11 is 1.53. The number of carbonyl (C=O) groups excluding carboxylic acids is 1. The van der Waals surface area contributed by atoms with Gasteiger partial charge in [0.25, 0.3) is 0 Å². The highest BCUT2D eigenvalue weighted by Crippen LogP contribution is 2.43. The van der Waals surface area contributed by atoms with E-state index in [1.54, 1.807) is 4.68 Å². The topological polar surface area (TPSA) is 88.9 Å². The van der Waals surface area contributed by atoms with Crippen LogP contribution in [0.2, 0.25) is 0 Å². The van der Waals surface area contributed by atoms with Crippen LogP contribution in [0, 0.1) is 17.2 Å². The fourth-order valence-corrected chi connectivity index (χ4v) is 5.08. The smallest absolute Gasteiger partial charge is 0.194 e. The van der Waals surface area contributed by atoms with Gasteiger partial charge in [-0.1, -0.05) is 24.5 Å². The summed E-state index contributed by atoms with van der Waals surface area (Å²) in [5.74, 6) is 0.530. The van der Waals surface area contributed by atoms with Crippen LogP contribution >= 0.6 is 11.3 Å². The van der Waals surface area contributed by atoms with Crippen molar-refractivity contribution in [2.75, 3.05) is 0 Å². The van der Waals surface area contributed by atoms with Gasteiger partial charge in [0.2, 0.25) is 0 Å². The Morgan fingerprint density at radius 3 is 2.86 bits per heavy atom. The Bertz CT molecular complexity index is 1020. The largest absolute Gasteiger partial charge is 0.297 e. The molecular formula is C20H22N6OS. The van der Waals surface area contributed by atoms with Crippen LogP contribution in [-0.2, 0) is 5.54 Å². The second-order valence-electron chi connectivity index (χ2n) is 8.08. The second-order valence-corrected chi connectivity index (χ2v) is 8.96. The minimum absolute atomic E-state index is 0.0378. The minimum Gasteiger partial charge on any atom is -0.297 e. The van der Waals surface area contributed by atoms with E-state index in [0.717, 1.165) is 36.3 Å². The van der Waals surface area contributed by atoms with Crippen LogP contribution in [-0.4, -0.2) is 30.2 Å². The molecule has 5 rings (SSSR count). The third kappa shape index (κ3) is 3.04. The van der Waals surface area contributed by atoms with Crippen LogP contribution in [0.25, 0.3) is 4.96 Å². The first-order chi connectivity index (χ1) is 13.7. The molecule has 3 aromatic heterocycles. The standard InChI is InChI=1S/C20H22N6OS/c21-13-20(6-7-20)26-12-16(23-24-26)15(14-4-2-1-3-5-14)10-18(27)17-11-25-8-9-28-19(25)22-17/h8-9,11-12,14-15H,1-7,10H2/t15-/m0/s1. The molecule has 0 N–H and O–H groups in total. The van der Waals surface area contributed by atoms with Crippen molar-refractivity contribution in [3.63, 3.8) is 0 Å². The van der Waals surface area contributed by atoms with Gasteiger partial charge < -0.3 is 0 Å².